The van der Waals surface area contributed by atoms with E-state index >= 15 is 0 Å². The van der Waals surface area contributed by atoms with E-state index in [9.17, 15) is 0 Å². The molecule has 0 spiro atoms. The van der Waals surface area contributed by atoms with E-state index in [-0.39, 0.29) is 0 Å². The van der Waals surface area contributed by atoms with Crippen molar-refractivity contribution in [2.24, 2.45) is 5.92 Å². The lowest BCUT2D eigenvalue weighted by Gasteiger charge is -2.10. The first-order valence-corrected chi connectivity index (χ1v) is 6.51. The van der Waals surface area contributed by atoms with E-state index in [1.54, 1.807) is 0 Å². The van der Waals surface area contributed by atoms with Crippen molar-refractivity contribution in [1.29, 1.82) is 0 Å². The van der Waals surface area contributed by atoms with Gasteiger partial charge in [0.2, 0.25) is 0 Å². The Labute approximate surface area is 102 Å². The Kier molecular flexibility index (Phi) is 4.59. The fourth-order valence-corrected chi connectivity index (χ4v) is 2.30. The Morgan fingerprint density at radius 1 is 1.33 bits per heavy atom. The van der Waals surface area contributed by atoms with Gasteiger partial charge in [0.15, 0.2) is 0 Å². The summed E-state index contributed by atoms with van der Waals surface area (Å²) < 4.78 is 0. The van der Waals surface area contributed by atoms with Crippen LogP contribution in [0.25, 0.3) is 6.08 Å². The van der Waals surface area contributed by atoms with Gasteiger partial charge in [-0.2, -0.15) is 0 Å². The molecule has 0 aliphatic rings. The van der Waals surface area contributed by atoms with Crippen LogP contribution < -0.4 is 0 Å². The van der Waals surface area contributed by atoms with Gasteiger partial charge in [-0.1, -0.05) is 59.6 Å². The van der Waals surface area contributed by atoms with Crippen molar-refractivity contribution in [3.63, 3.8) is 0 Å². The summed E-state index contributed by atoms with van der Waals surface area (Å²) in [5, 5.41) is 0.956. The minimum absolute atomic E-state index is 0.601. The average molecular weight is 267 g/mol. The first-order valence-electron chi connectivity index (χ1n) is 5.39. The molecule has 0 radical (unpaired) electrons. The van der Waals surface area contributed by atoms with Crippen molar-refractivity contribution in [3.05, 3.63) is 40.5 Å². The summed E-state index contributed by atoms with van der Waals surface area (Å²) in [7, 11) is 0. The molecule has 1 aromatic rings. The molecule has 0 bridgehead atoms. The Hall–Kier alpha value is -0.560. The number of halogens is 1. The zero-order valence-corrected chi connectivity index (χ0v) is 11.6. The first kappa shape index (κ1) is 12.5. The summed E-state index contributed by atoms with van der Waals surface area (Å²) in [6, 6.07) is 6.48. The number of aryl methyl sites for hydroxylation is 1. The van der Waals surface area contributed by atoms with Crippen molar-refractivity contribution >= 4 is 22.0 Å². The van der Waals surface area contributed by atoms with Gasteiger partial charge in [-0.05, 0) is 36.5 Å². The monoisotopic (exact) mass is 266 g/mol. The molecule has 0 amide bonds. The number of hydrogen-bond donors (Lipinski definition) is 0. The molecule has 0 unspecified atom stereocenters. The van der Waals surface area contributed by atoms with E-state index in [2.05, 4.69) is 67.9 Å². The third-order valence-corrected chi connectivity index (χ3v) is 3.53. The summed E-state index contributed by atoms with van der Waals surface area (Å²) in [6.45, 7) is 8.82. The maximum absolute atomic E-state index is 3.55. The SMILES string of the molecule is Cc1cccc(C=C(CBr)C(C)C)c1C. The van der Waals surface area contributed by atoms with Crippen LogP contribution in [0.5, 0.6) is 0 Å². The van der Waals surface area contributed by atoms with Crippen LogP contribution in [0.4, 0.5) is 0 Å². The topological polar surface area (TPSA) is 0 Å². The van der Waals surface area contributed by atoms with E-state index < -0.39 is 0 Å². The van der Waals surface area contributed by atoms with Crippen LogP contribution in [0.2, 0.25) is 0 Å². The van der Waals surface area contributed by atoms with Gasteiger partial charge in [0, 0.05) is 5.33 Å². The molecule has 1 aromatic carbocycles. The second-order valence-electron chi connectivity index (χ2n) is 4.30. The third kappa shape index (κ3) is 3.20. The molecule has 82 valence electrons. The lowest BCUT2D eigenvalue weighted by molar-refractivity contribution is 0.780. The fraction of sp³-hybridized carbons (Fsp3) is 0.429. The van der Waals surface area contributed by atoms with Crippen molar-refractivity contribution in [3.8, 4) is 0 Å². The highest BCUT2D eigenvalue weighted by Gasteiger charge is 2.03. The van der Waals surface area contributed by atoms with Crippen molar-refractivity contribution in [2.45, 2.75) is 27.7 Å². The highest BCUT2D eigenvalue weighted by molar-refractivity contribution is 9.09. The second-order valence-corrected chi connectivity index (χ2v) is 4.86. The molecule has 15 heavy (non-hydrogen) atoms. The molecular weight excluding hydrogens is 248 g/mol. The lowest BCUT2D eigenvalue weighted by Crippen LogP contribution is -1.96. The van der Waals surface area contributed by atoms with E-state index in [0.29, 0.717) is 5.92 Å². The average Bonchev–Trinajstić information content (AvgIpc) is 2.19. The van der Waals surface area contributed by atoms with Crippen LogP contribution >= 0.6 is 15.9 Å². The van der Waals surface area contributed by atoms with E-state index in [1.807, 2.05) is 0 Å². The molecule has 0 aliphatic heterocycles. The van der Waals surface area contributed by atoms with E-state index in [0.717, 1.165) is 5.33 Å². The molecule has 0 atom stereocenters. The summed E-state index contributed by atoms with van der Waals surface area (Å²) in [6.07, 6.45) is 2.31. The summed E-state index contributed by atoms with van der Waals surface area (Å²) in [5.74, 6) is 0.601. The van der Waals surface area contributed by atoms with Crippen LogP contribution in [0.15, 0.2) is 23.8 Å². The maximum Gasteiger partial charge on any atom is 0.0247 e. The van der Waals surface area contributed by atoms with Gasteiger partial charge in [0.25, 0.3) is 0 Å². The van der Waals surface area contributed by atoms with Gasteiger partial charge >= 0.3 is 0 Å². The van der Waals surface area contributed by atoms with Crippen LogP contribution in [0, 0.1) is 19.8 Å². The van der Waals surface area contributed by atoms with Crippen molar-refractivity contribution in [2.75, 3.05) is 5.33 Å². The van der Waals surface area contributed by atoms with Crippen LogP contribution in [0.1, 0.15) is 30.5 Å². The number of rotatable bonds is 3. The van der Waals surface area contributed by atoms with Crippen LogP contribution in [-0.2, 0) is 0 Å². The van der Waals surface area contributed by atoms with Crippen molar-refractivity contribution < 1.29 is 0 Å². The van der Waals surface area contributed by atoms with Crippen LogP contribution in [0.3, 0.4) is 0 Å². The molecule has 0 N–H and O–H groups in total. The molecule has 0 saturated heterocycles. The molecular formula is C14H19Br. The Bertz CT molecular complexity index is 362. The van der Waals surface area contributed by atoms with E-state index in [4.69, 9.17) is 0 Å². The summed E-state index contributed by atoms with van der Waals surface area (Å²) in [5.41, 5.74) is 5.54. The quantitative estimate of drug-likeness (QED) is 0.694. The minimum Gasteiger partial charge on any atom is -0.0880 e. The van der Waals surface area contributed by atoms with Gasteiger partial charge in [0.05, 0.1) is 0 Å². The second kappa shape index (κ2) is 5.50. The summed E-state index contributed by atoms with van der Waals surface area (Å²) in [4.78, 5) is 0. The molecule has 0 nitrogen and oxygen atoms in total. The predicted molar refractivity (Wildman–Crippen MR) is 72.5 cm³/mol. The van der Waals surface area contributed by atoms with Gasteiger partial charge in [-0.25, -0.2) is 0 Å². The standard InChI is InChI=1S/C14H19Br/c1-10(2)14(9-15)8-13-7-5-6-11(3)12(13)4/h5-8,10H,9H2,1-4H3. The molecule has 0 heterocycles. The number of allylic oxidation sites excluding steroid dienone is 1. The van der Waals surface area contributed by atoms with Gasteiger partial charge in [0.1, 0.15) is 0 Å². The number of hydrogen-bond acceptors (Lipinski definition) is 0. The Balaban J connectivity index is 3.11. The number of benzene rings is 1. The van der Waals surface area contributed by atoms with Gasteiger partial charge in [-0.3, -0.25) is 0 Å². The smallest absolute Gasteiger partial charge is 0.0247 e. The minimum atomic E-state index is 0.601. The molecule has 1 rings (SSSR count). The highest BCUT2D eigenvalue weighted by Crippen LogP contribution is 2.20. The van der Waals surface area contributed by atoms with Crippen molar-refractivity contribution in [1.82, 2.24) is 0 Å². The predicted octanol–water partition coefficient (Wildman–Crippen LogP) is 4.74. The molecule has 1 heteroatoms. The fourth-order valence-electron chi connectivity index (χ4n) is 1.49. The summed E-state index contributed by atoms with van der Waals surface area (Å²) >= 11 is 3.55. The molecule has 0 fully saturated rings. The van der Waals surface area contributed by atoms with Gasteiger partial charge < -0.3 is 0 Å². The zero-order chi connectivity index (χ0) is 11.4. The first-order chi connectivity index (χ1) is 7.06. The van der Waals surface area contributed by atoms with Gasteiger partial charge in [-0.15, -0.1) is 0 Å². The third-order valence-electron chi connectivity index (χ3n) is 2.88. The highest BCUT2D eigenvalue weighted by atomic mass is 79.9. The van der Waals surface area contributed by atoms with E-state index in [1.165, 1.54) is 22.3 Å². The maximum atomic E-state index is 3.55. The zero-order valence-electron chi connectivity index (χ0n) is 9.97. The molecule has 0 aliphatic carbocycles. The normalized spacial score (nSPS) is 12.3. The largest absolute Gasteiger partial charge is 0.0880 e. The Morgan fingerprint density at radius 2 is 2.00 bits per heavy atom. The Morgan fingerprint density at radius 3 is 2.53 bits per heavy atom. The molecule has 0 saturated carbocycles. The van der Waals surface area contributed by atoms with Crippen LogP contribution in [-0.4, -0.2) is 5.33 Å². The molecule has 0 aromatic heterocycles. The lowest BCUT2D eigenvalue weighted by atomic mass is 9.98. The number of alkyl halides is 1.